The molecule has 1 aliphatic heterocycles. The van der Waals surface area contributed by atoms with Gasteiger partial charge in [0.1, 0.15) is 24.7 Å². The van der Waals surface area contributed by atoms with Crippen molar-refractivity contribution in [2.24, 2.45) is 0 Å². The van der Waals surface area contributed by atoms with Crippen molar-refractivity contribution in [2.75, 3.05) is 19.7 Å². The number of benzene rings is 2. The molecule has 0 radical (unpaired) electrons. The SMILES string of the molecule is C#CCOc1ccc2c(C3CCN(S(=O)(=O)c4ccc(OC(C)C)cc4)C3)cn(CC(=O)O)c2c1. The Morgan fingerprint density at radius 2 is 1.91 bits per heavy atom. The molecule has 0 spiro atoms. The normalized spacial score (nSPS) is 16.5. The van der Waals surface area contributed by atoms with Gasteiger partial charge in [0.05, 0.1) is 16.5 Å². The van der Waals surface area contributed by atoms with E-state index in [1.54, 1.807) is 41.0 Å². The zero-order valence-corrected chi connectivity index (χ0v) is 20.5. The average Bonchev–Trinajstić information content (AvgIpc) is 3.43. The third kappa shape index (κ3) is 5.29. The minimum Gasteiger partial charge on any atom is -0.491 e. The molecule has 0 bridgehead atoms. The van der Waals surface area contributed by atoms with Crippen molar-refractivity contribution in [3.8, 4) is 23.8 Å². The first kappa shape index (κ1) is 24.6. The zero-order valence-electron chi connectivity index (χ0n) is 19.7. The Hall–Kier alpha value is -3.48. The maximum Gasteiger partial charge on any atom is 0.323 e. The Bertz CT molecular complexity index is 1370. The zero-order chi connectivity index (χ0) is 25.2. The summed E-state index contributed by atoms with van der Waals surface area (Å²) in [5.41, 5.74) is 1.63. The van der Waals surface area contributed by atoms with E-state index in [4.69, 9.17) is 15.9 Å². The van der Waals surface area contributed by atoms with E-state index in [9.17, 15) is 18.3 Å². The summed E-state index contributed by atoms with van der Waals surface area (Å²) >= 11 is 0. The highest BCUT2D eigenvalue weighted by molar-refractivity contribution is 7.89. The van der Waals surface area contributed by atoms with Gasteiger partial charge in [-0.1, -0.05) is 5.92 Å². The number of carboxylic acids is 1. The molecule has 9 heteroatoms. The molecule has 0 aliphatic carbocycles. The van der Waals surface area contributed by atoms with Crippen LogP contribution in [0, 0.1) is 12.3 Å². The van der Waals surface area contributed by atoms with Crippen LogP contribution in [-0.2, 0) is 21.4 Å². The molecule has 4 rings (SSSR count). The van der Waals surface area contributed by atoms with Crippen molar-refractivity contribution in [2.45, 2.75) is 43.7 Å². The fourth-order valence-electron chi connectivity index (χ4n) is 4.43. The smallest absolute Gasteiger partial charge is 0.323 e. The van der Waals surface area contributed by atoms with E-state index >= 15 is 0 Å². The summed E-state index contributed by atoms with van der Waals surface area (Å²) in [6.07, 6.45) is 7.71. The van der Waals surface area contributed by atoms with Crippen LogP contribution in [0.3, 0.4) is 0 Å². The number of nitrogens with zero attached hydrogens (tertiary/aromatic N) is 2. The molecule has 0 saturated carbocycles. The monoisotopic (exact) mass is 496 g/mol. The van der Waals surface area contributed by atoms with Crippen molar-refractivity contribution in [1.29, 1.82) is 0 Å². The molecule has 0 amide bonds. The van der Waals surface area contributed by atoms with Crippen LogP contribution in [0.2, 0.25) is 0 Å². The minimum atomic E-state index is -3.67. The number of aliphatic carboxylic acids is 1. The second-order valence-electron chi connectivity index (χ2n) is 8.76. The van der Waals surface area contributed by atoms with E-state index in [-0.39, 0.29) is 30.1 Å². The molecule has 1 fully saturated rings. The Morgan fingerprint density at radius 3 is 2.57 bits per heavy atom. The van der Waals surface area contributed by atoms with Gasteiger partial charge in [0.15, 0.2) is 0 Å². The van der Waals surface area contributed by atoms with Crippen LogP contribution in [0.25, 0.3) is 10.9 Å². The van der Waals surface area contributed by atoms with Gasteiger partial charge in [-0.3, -0.25) is 4.79 Å². The molecule has 1 unspecified atom stereocenters. The van der Waals surface area contributed by atoms with Gasteiger partial charge in [-0.2, -0.15) is 4.31 Å². The minimum absolute atomic E-state index is 0.0000221. The van der Waals surface area contributed by atoms with Crippen molar-refractivity contribution >= 4 is 26.9 Å². The number of hydrogen-bond acceptors (Lipinski definition) is 5. The number of ether oxygens (including phenoxy) is 2. The molecule has 184 valence electrons. The lowest BCUT2D eigenvalue weighted by atomic mass is 9.98. The Balaban J connectivity index is 1.59. The summed E-state index contributed by atoms with van der Waals surface area (Å²) in [5.74, 6) is 2.55. The van der Waals surface area contributed by atoms with Gasteiger partial charge >= 0.3 is 5.97 Å². The lowest BCUT2D eigenvalue weighted by Gasteiger charge is -2.17. The molecule has 1 atom stereocenters. The molecular formula is C26H28N2O6S. The predicted molar refractivity (Wildman–Crippen MR) is 132 cm³/mol. The van der Waals surface area contributed by atoms with Crippen LogP contribution in [0.4, 0.5) is 0 Å². The molecule has 8 nitrogen and oxygen atoms in total. The van der Waals surface area contributed by atoms with Crippen LogP contribution < -0.4 is 9.47 Å². The Morgan fingerprint density at radius 1 is 1.20 bits per heavy atom. The lowest BCUT2D eigenvalue weighted by molar-refractivity contribution is -0.137. The summed E-state index contributed by atoms with van der Waals surface area (Å²) in [6, 6.07) is 11.9. The van der Waals surface area contributed by atoms with Crippen LogP contribution in [-0.4, -0.2) is 54.2 Å². The quantitative estimate of drug-likeness (QED) is 0.454. The standard InChI is InChI=1S/C26H28N2O6S/c1-4-13-33-21-7-10-23-24(16-27(17-26(29)30)25(23)14-21)19-11-12-28(15-19)35(31,32)22-8-5-20(6-9-22)34-18(2)3/h1,5-10,14,16,18-19H,11-13,15,17H2,2-3H3,(H,29,30). The second kappa shape index (κ2) is 10.0. The highest BCUT2D eigenvalue weighted by Crippen LogP contribution is 2.37. The van der Waals surface area contributed by atoms with Gasteiger partial charge in [0.25, 0.3) is 0 Å². The lowest BCUT2D eigenvalue weighted by Crippen LogP contribution is -2.28. The molecule has 3 aromatic rings. The van der Waals surface area contributed by atoms with Crippen molar-refractivity contribution in [3.05, 3.63) is 54.2 Å². The maximum atomic E-state index is 13.3. The van der Waals surface area contributed by atoms with Gasteiger partial charge in [-0.15, -0.1) is 6.42 Å². The molecule has 2 aromatic carbocycles. The molecule has 1 aromatic heterocycles. The van der Waals surface area contributed by atoms with E-state index in [0.717, 1.165) is 10.9 Å². The largest absolute Gasteiger partial charge is 0.491 e. The first-order valence-electron chi connectivity index (χ1n) is 11.4. The highest BCUT2D eigenvalue weighted by atomic mass is 32.2. The summed E-state index contributed by atoms with van der Waals surface area (Å²) in [6.45, 7) is 4.41. The van der Waals surface area contributed by atoms with Crippen LogP contribution in [0.5, 0.6) is 11.5 Å². The second-order valence-corrected chi connectivity index (χ2v) is 10.7. The third-order valence-corrected chi connectivity index (χ3v) is 7.82. The van der Waals surface area contributed by atoms with Crippen LogP contribution in [0.15, 0.2) is 53.6 Å². The van der Waals surface area contributed by atoms with Gasteiger partial charge < -0.3 is 19.1 Å². The predicted octanol–water partition coefficient (Wildman–Crippen LogP) is 3.70. The van der Waals surface area contributed by atoms with Crippen molar-refractivity contribution < 1.29 is 27.8 Å². The van der Waals surface area contributed by atoms with E-state index in [0.29, 0.717) is 36.5 Å². The molecule has 1 saturated heterocycles. The van der Waals surface area contributed by atoms with E-state index in [1.807, 2.05) is 26.1 Å². The van der Waals surface area contributed by atoms with Gasteiger partial charge in [0.2, 0.25) is 10.0 Å². The summed E-state index contributed by atoms with van der Waals surface area (Å²) in [5, 5.41) is 10.3. The number of carbonyl (C=O) groups is 1. The third-order valence-electron chi connectivity index (χ3n) is 5.94. The number of sulfonamides is 1. The van der Waals surface area contributed by atoms with Crippen LogP contribution >= 0.6 is 0 Å². The van der Waals surface area contributed by atoms with E-state index in [2.05, 4.69) is 5.92 Å². The summed E-state index contributed by atoms with van der Waals surface area (Å²) in [4.78, 5) is 11.7. The molecule has 35 heavy (non-hydrogen) atoms. The maximum absolute atomic E-state index is 13.3. The number of fused-ring (bicyclic) bond motifs is 1. The Kier molecular flexibility index (Phi) is 7.05. The highest BCUT2D eigenvalue weighted by Gasteiger charge is 2.34. The number of carboxylic acid groups (broad SMARTS) is 1. The fraction of sp³-hybridized carbons (Fsp3) is 0.346. The van der Waals surface area contributed by atoms with Crippen LogP contribution in [0.1, 0.15) is 31.7 Å². The molecule has 2 heterocycles. The number of hydrogen-bond donors (Lipinski definition) is 1. The Labute approximate surface area is 205 Å². The average molecular weight is 497 g/mol. The summed E-state index contributed by atoms with van der Waals surface area (Å²) < 4.78 is 40.8. The fourth-order valence-corrected chi connectivity index (χ4v) is 5.93. The number of aromatic nitrogens is 1. The molecule has 1 N–H and O–H groups in total. The first-order valence-corrected chi connectivity index (χ1v) is 12.8. The first-order chi connectivity index (χ1) is 16.7. The van der Waals surface area contributed by atoms with E-state index < -0.39 is 16.0 Å². The molecular weight excluding hydrogens is 468 g/mol. The summed E-state index contributed by atoms with van der Waals surface area (Å²) in [7, 11) is -3.67. The topological polar surface area (TPSA) is 98.1 Å². The van der Waals surface area contributed by atoms with E-state index in [1.165, 1.54) is 4.31 Å². The van der Waals surface area contributed by atoms with Gasteiger partial charge in [0, 0.05) is 36.7 Å². The van der Waals surface area contributed by atoms with Crippen molar-refractivity contribution in [1.82, 2.24) is 8.87 Å². The van der Waals surface area contributed by atoms with Crippen molar-refractivity contribution in [3.63, 3.8) is 0 Å². The van der Waals surface area contributed by atoms with Gasteiger partial charge in [-0.25, -0.2) is 8.42 Å². The molecule has 1 aliphatic rings. The number of rotatable bonds is 9. The van der Waals surface area contributed by atoms with Gasteiger partial charge in [-0.05, 0) is 62.2 Å². The number of terminal acetylenes is 1.